The van der Waals surface area contributed by atoms with E-state index in [1.807, 2.05) is 0 Å². The molecule has 0 aromatic carbocycles. The van der Waals surface area contributed by atoms with Crippen molar-refractivity contribution in [3.63, 3.8) is 0 Å². The van der Waals surface area contributed by atoms with Gasteiger partial charge in [0.2, 0.25) is 5.67 Å². The van der Waals surface area contributed by atoms with E-state index in [4.69, 9.17) is 31.6 Å². The third-order valence-electron chi connectivity index (χ3n) is 3.82. The maximum absolute atomic E-state index is 15.1. The van der Waals surface area contributed by atoms with E-state index < -0.39 is 60.6 Å². The van der Waals surface area contributed by atoms with Gasteiger partial charge in [0, 0.05) is 11.9 Å². The SMILES string of the molecule is C=C1C=CN([C@@H]2O[C@](F)(COP(=O)(O)OP(=O)(O)OP(=O)(O)O)C(O)[C@]2(F)CF)C(=S)N1. The van der Waals surface area contributed by atoms with Crippen molar-refractivity contribution in [2.24, 2.45) is 0 Å². The Morgan fingerprint density at radius 1 is 1.22 bits per heavy atom. The van der Waals surface area contributed by atoms with Crippen molar-refractivity contribution in [3.8, 4) is 0 Å². The first-order valence-electron chi connectivity index (χ1n) is 7.89. The van der Waals surface area contributed by atoms with Gasteiger partial charge in [-0.1, -0.05) is 6.58 Å². The number of allylic oxidation sites excluding steroid dienone is 1. The Hall–Kier alpha value is -0.710. The normalized spacial score (nSPS) is 34.8. The summed E-state index contributed by atoms with van der Waals surface area (Å²) >= 11 is 4.89. The molecule has 6 atom stereocenters. The standard InChI is InChI=1S/C11H16F3N2O12P3S/c1-6-2-3-16(9(32)15-6)8-10(13,4-12)7(17)11(14,26-8)5-25-30(21,22)28-31(23,24)27-29(18,19)20/h2-3,7-8,17H,1,4-5H2,(H,15,32)(H,21,22)(H,23,24)(H2,18,19,20)/t7?,8-,10-,11-/m1/s1. The Kier molecular flexibility index (Phi) is 7.87. The van der Waals surface area contributed by atoms with Crippen LogP contribution in [0.5, 0.6) is 0 Å². The molecule has 0 bridgehead atoms. The van der Waals surface area contributed by atoms with Crippen LogP contribution in [-0.2, 0) is 31.6 Å². The van der Waals surface area contributed by atoms with Crippen molar-refractivity contribution in [3.05, 3.63) is 24.6 Å². The molecule has 0 aromatic heterocycles. The second-order valence-electron chi connectivity index (χ2n) is 6.26. The first-order valence-corrected chi connectivity index (χ1v) is 12.8. The monoisotopic (exact) mass is 550 g/mol. The molecule has 0 spiro atoms. The Morgan fingerprint density at radius 2 is 1.81 bits per heavy atom. The lowest BCUT2D eigenvalue weighted by Crippen LogP contribution is -2.56. The molecule has 2 rings (SSSR count). The van der Waals surface area contributed by atoms with E-state index >= 15 is 8.78 Å². The molecule has 0 amide bonds. The van der Waals surface area contributed by atoms with Gasteiger partial charge < -0.3 is 34.7 Å². The number of hydrogen-bond donors (Lipinski definition) is 6. The van der Waals surface area contributed by atoms with E-state index in [0.717, 1.165) is 6.20 Å². The molecule has 32 heavy (non-hydrogen) atoms. The van der Waals surface area contributed by atoms with Gasteiger partial charge in [-0.2, -0.15) is 8.62 Å². The molecule has 2 heterocycles. The van der Waals surface area contributed by atoms with E-state index in [1.165, 1.54) is 6.08 Å². The van der Waals surface area contributed by atoms with Gasteiger partial charge >= 0.3 is 23.5 Å². The molecule has 0 radical (unpaired) electrons. The smallest absolute Gasteiger partial charge is 0.383 e. The number of phosphoric ester groups is 1. The van der Waals surface area contributed by atoms with Gasteiger partial charge in [0.05, 0.1) is 0 Å². The van der Waals surface area contributed by atoms with Crippen LogP contribution in [0.3, 0.4) is 0 Å². The molecule has 0 aromatic rings. The summed E-state index contributed by atoms with van der Waals surface area (Å²) in [4.78, 5) is 36.0. The highest BCUT2D eigenvalue weighted by Gasteiger charge is 2.68. The molecular weight excluding hydrogens is 534 g/mol. The Bertz CT molecular complexity index is 966. The van der Waals surface area contributed by atoms with Crippen LogP contribution in [-0.4, -0.2) is 71.8 Å². The van der Waals surface area contributed by atoms with Crippen LogP contribution >= 0.6 is 35.7 Å². The number of nitrogens with zero attached hydrogens (tertiary/aromatic N) is 1. The third-order valence-corrected chi connectivity index (χ3v) is 7.91. The highest BCUT2D eigenvalue weighted by Crippen LogP contribution is 2.66. The number of nitrogens with one attached hydrogen (secondary N) is 1. The summed E-state index contributed by atoms with van der Waals surface area (Å²) in [7, 11) is -17.5. The second kappa shape index (κ2) is 9.15. The van der Waals surface area contributed by atoms with E-state index in [0.29, 0.717) is 4.90 Å². The number of thiocarbonyl (C=S) groups is 1. The lowest BCUT2D eigenvalue weighted by molar-refractivity contribution is -0.204. The second-order valence-corrected chi connectivity index (χ2v) is 11.1. The van der Waals surface area contributed by atoms with Gasteiger partial charge in [0.15, 0.2) is 17.4 Å². The molecule has 1 fully saturated rings. The van der Waals surface area contributed by atoms with Crippen LogP contribution < -0.4 is 5.32 Å². The molecule has 184 valence electrons. The molecule has 0 aliphatic carbocycles. The zero-order valence-electron chi connectivity index (χ0n) is 15.4. The van der Waals surface area contributed by atoms with Crippen molar-refractivity contribution in [2.75, 3.05) is 13.3 Å². The van der Waals surface area contributed by atoms with Gasteiger partial charge in [-0.15, -0.1) is 0 Å². The predicted molar refractivity (Wildman–Crippen MR) is 100 cm³/mol. The summed E-state index contributed by atoms with van der Waals surface area (Å²) in [5.41, 5.74) is -3.27. The Labute approximate surface area is 182 Å². The summed E-state index contributed by atoms with van der Waals surface area (Å²) in [6.45, 7) is -0.410. The minimum Gasteiger partial charge on any atom is -0.383 e. The van der Waals surface area contributed by atoms with Crippen molar-refractivity contribution in [1.29, 1.82) is 0 Å². The number of hydrogen-bond acceptors (Lipinski definition) is 9. The first-order chi connectivity index (χ1) is 14.3. The summed E-state index contributed by atoms with van der Waals surface area (Å²) in [6, 6.07) is 0. The fraction of sp³-hybridized carbons (Fsp3) is 0.545. The molecule has 1 saturated heterocycles. The number of ether oxygens (including phenoxy) is 1. The zero-order valence-corrected chi connectivity index (χ0v) is 18.9. The Balaban J connectivity index is 2.21. The van der Waals surface area contributed by atoms with Gasteiger partial charge in [0.1, 0.15) is 13.3 Å². The molecular formula is C11H16F3N2O12P3S. The molecule has 3 unspecified atom stereocenters. The maximum Gasteiger partial charge on any atom is 0.490 e. The van der Waals surface area contributed by atoms with Gasteiger partial charge in [0.25, 0.3) is 5.85 Å². The van der Waals surface area contributed by atoms with E-state index in [1.54, 1.807) is 0 Å². The highest BCUT2D eigenvalue weighted by atomic mass is 32.1. The molecule has 0 saturated carbocycles. The summed E-state index contributed by atoms with van der Waals surface area (Å²) in [6.07, 6.45) is -3.01. The van der Waals surface area contributed by atoms with Crippen LogP contribution in [0, 0.1) is 0 Å². The van der Waals surface area contributed by atoms with E-state index in [9.17, 15) is 28.1 Å². The number of halogens is 3. The largest absolute Gasteiger partial charge is 0.490 e. The fourth-order valence-electron chi connectivity index (χ4n) is 2.52. The topological polar surface area (TPSA) is 205 Å². The van der Waals surface area contributed by atoms with Crippen LogP contribution in [0.4, 0.5) is 13.2 Å². The summed E-state index contributed by atoms with van der Waals surface area (Å²) < 4.78 is 92.9. The van der Waals surface area contributed by atoms with Crippen LogP contribution in [0.25, 0.3) is 0 Å². The van der Waals surface area contributed by atoms with Crippen molar-refractivity contribution in [2.45, 2.75) is 23.9 Å². The van der Waals surface area contributed by atoms with E-state index in [2.05, 4.69) is 25.0 Å². The van der Waals surface area contributed by atoms with Crippen molar-refractivity contribution < 1.29 is 69.4 Å². The maximum atomic E-state index is 15.1. The number of aliphatic hydroxyl groups is 1. The molecule has 6 N–H and O–H groups in total. The molecule has 2 aliphatic rings. The lowest BCUT2D eigenvalue weighted by atomic mass is 9.96. The predicted octanol–water partition coefficient (Wildman–Crippen LogP) is 0.608. The Morgan fingerprint density at radius 3 is 2.31 bits per heavy atom. The number of alkyl halides is 3. The zero-order chi connectivity index (χ0) is 24.8. The van der Waals surface area contributed by atoms with Crippen molar-refractivity contribution >= 4 is 40.8 Å². The molecule has 2 aliphatic heterocycles. The average molecular weight is 550 g/mol. The van der Waals surface area contributed by atoms with Crippen LogP contribution in [0.1, 0.15) is 0 Å². The summed E-state index contributed by atoms with van der Waals surface area (Å²) in [5.74, 6) is -3.74. The number of rotatable bonds is 9. The number of phosphoric acid groups is 3. The average Bonchev–Trinajstić information content (AvgIpc) is 2.80. The van der Waals surface area contributed by atoms with Crippen LogP contribution in [0.15, 0.2) is 24.6 Å². The van der Waals surface area contributed by atoms with Gasteiger partial charge in [-0.3, -0.25) is 9.42 Å². The first kappa shape index (κ1) is 27.5. The fourth-order valence-corrected chi connectivity index (χ4v) is 5.84. The van der Waals surface area contributed by atoms with Crippen LogP contribution in [0.2, 0.25) is 0 Å². The van der Waals surface area contributed by atoms with Crippen molar-refractivity contribution in [1.82, 2.24) is 10.2 Å². The lowest BCUT2D eigenvalue weighted by Gasteiger charge is -2.35. The minimum atomic E-state index is -5.93. The van der Waals surface area contributed by atoms with E-state index in [-0.39, 0.29) is 10.8 Å². The van der Waals surface area contributed by atoms with Gasteiger partial charge in [-0.05, 0) is 18.3 Å². The molecule has 21 heteroatoms. The number of aliphatic hydroxyl groups excluding tert-OH is 1. The molecule has 14 nitrogen and oxygen atoms in total. The summed E-state index contributed by atoms with van der Waals surface area (Å²) in [5, 5.41) is 12.1. The third kappa shape index (κ3) is 6.24. The van der Waals surface area contributed by atoms with Gasteiger partial charge in [-0.25, -0.2) is 26.9 Å². The minimum absolute atomic E-state index is 0.230. The highest BCUT2D eigenvalue weighted by molar-refractivity contribution is 7.80. The quantitative estimate of drug-likeness (QED) is 0.172.